The first kappa shape index (κ1) is 15.0. The minimum atomic E-state index is -0.708. The van der Waals surface area contributed by atoms with E-state index in [1.54, 1.807) is 0 Å². The van der Waals surface area contributed by atoms with Gasteiger partial charge in [-0.25, -0.2) is 0 Å². The van der Waals surface area contributed by atoms with E-state index in [-0.39, 0.29) is 11.8 Å². The number of hydrogen-bond donors (Lipinski definition) is 1. The number of rotatable bonds is 6. The van der Waals surface area contributed by atoms with Gasteiger partial charge in [-0.05, 0) is 12.3 Å². The Balaban J connectivity index is 4.43. The molecular weight excluding hydrogens is 200 g/mol. The van der Waals surface area contributed by atoms with Crippen molar-refractivity contribution >= 4 is 5.97 Å². The molecule has 0 saturated carbocycles. The van der Waals surface area contributed by atoms with Gasteiger partial charge in [0.2, 0.25) is 0 Å². The monoisotopic (exact) mass is 224 g/mol. The predicted molar refractivity (Wildman–Crippen MR) is 67.0 cm³/mol. The zero-order chi connectivity index (χ0) is 12.6. The average Bonchev–Trinajstić information content (AvgIpc) is 2.22. The van der Waals surface area contributed by atoms with Gasteiger partial charge in [0.05, 0.1) is 5.92 Å². The molecule has 0 aromatic rings. The molecule has 0 fully saturated rings. The standard InChI is InChI=1S/C14H24O2/c1-5-7-9-12(4)13(14(15)16)10-11(3)8-6-2/h11-13H,5-6,8,10H2,1-4H3,(H,15,16)/t11?,12?,13-/m0/s1. The van der Waals surface area contributed by atoms with E-state index in [1.807, 2.05) is 13.8 Å². The van der Waals surface area contributed by atoms with Crippen molar-refractivity contribution in [3.8, 4) is 11.8 Å². The molecule has 2 heteroatoms. The summed E-state index contributed by atoms with van der Waals surface area (Å²) in [6, 6.07) is 0. The van der Waals surface area contributed by atoms with Gasteiger partial charge in [-0.15, -0.1) is 5.92 Å². The summed E-state index contributed by atoms with van der Waals surface area (Å²) in [5.41, 5.74) is 0. The maximum Gasteiger partial charge on any atom is 0.307 e. The summed E-state index contributed by atoms with van der Waals surface area (Å²) in [5.74, 6) is 5.40. The molecule has 0 aromatic heterocycles. The van der Waals surface area contributed by atoms with Gasteiger partial charge < -0.3 is 5.11 Å². The second-order valence-electron chi connectivity index (χ2n) is 4.54. The number of carboxylic acid groups (broad SMARTS) is 1. The first-order valence-electron chi connectivity index (χ1n) is 6.24. The van der Waals surface area contributed by atoms with Crippen molar-refractivity contribution < 1.29 is 9.90 Å². The summed E-state index contributed by atoms with van der Waals surface area (Å²) in [6.45, 7) is 8.15. The van der Waals surface area contributed by atoms with Crippen LogP contribution in [0.1, 0.15) is 53.4 Å². The normalized spacial score (nSPS) is 15.8. The SMILES string of the molecule is CCC#CC(C)[C@H](CC(C)CCC)C(=O)O. The van der Waals surface area contributed by atoms with Crippen molar-refractivity contribution in [1.29, 1.82) is 0 Å². The Morgan fingerprint density at radius 2 is 1.94 bits per heavy atom. The van der Waals surface area contributed by atoms with Crippen LogP contribution in [-0.2, 0) is 4.79 Å². The summed E-state index contributed by atoms with van der Waals surface area (Å²) in [4.78, 5) is 11.2. The number of carbonyl (C=O) groups is 1. The van der Waals surface area contributed by atoms with Gasteiger partial charge in [0.15, 0.2) is 0 Å². The Morgan fingerprint density at radius 3 is 2.38 bits per heavy atom. The van der Waals surface area contributed by atoms with Crippen LogP contribution in [0.4, 0.5) is 0 Å². The van der Waals surface area contributed by atoms with Crippen molar-refractivity contribution in [2.24, 2.45) is 17.8 Å². The molecule has 0 bridgehead atoms. The fourth-order valence-electron chi connectivity index (χ4n) is 1.93. The van der Waals surface area contributed by atoms with Crippen LogP contribution in [0.15, 0.2) is 0 Å². The molecule has 0 aliphatic rings. The molecule has 0 aliphatic carbocycles. The lowest BCUT2D eigenvalue weighted by molar-refractivity contribution is -0.143. The molecule has 92 valence electrons. The van der Waals surface area contributed by atoms with Gasteiger partial charge >= 0.3 is 5.97 Å². The van der Waals surface area contributed by atoms with E-state index >= 15 is 0 Å². The van der Waals surface area contributed by atoms with Crippen molar-refractivity contribution in [3.63, 3.8) is 0 Å². The first-order chi connectivity index (χ1) is 7.52. The Kier molecular flexibility index (Phi) is 7.72. The quantitative estimate of drug-likeness (QED) is 0.700. The minimum absolute atomic E-state index is 0.0447. The van der Waals surface area contributed by atoms with Gasteiger partial charge in [0, 0.05) is 12.3 Å². The highest BCUT2D eigenvalue weighted by Gasteiger charge is 2.25. The molecule has 0 rings (SSSR count). The third-order valence-electron chi connectivity index (χ3n) is 2.87. The topological polar surface area (TPSA) is 37.3 Å². The maximum absolute atomic E-state index is 11.2. The van der Waals surface area contributed by atoms with Crippen LogP contribution >= 0.6 is 0 Å². The molecule has 2 unspecified atom stereocenters. The van der Waals surface area contributed by atoms with Crippen LogP contribution in [0, 0.1) is 29.6 Å². The Bertz CT molecular complexity index is 260. The van der Waals surface area contributed by atoms with Crippen LogP contribution in [0.5, 0.6) is 0 Å². The van der Waals surface area contributed by atoms with Crippen molar-refractivity contribution in [1.82, 2.24) is 0 Å². The lowest BCUT2D eigenvalue weighted by atomic mass is 9.85. The summed E-state index contributed by atoms with van der Waals surface area (Å²) >= 11 is 0. The third-order valence-corrected chi connectivity index (χ3v) is 2.87. The highest BCUT2D eigenvalue weighted by Crippen LogP contribution is 2.23. The van der Waals surface area contributed by atoms with Crippen LogP contribution < -0.4 is 0 Å². The van der Waals surface area contributed by atoms with E-state index in [9.17, 15) is 9.90 Å². The highest BCUT2D eigenvalue weighted by molar-refractivity contribution is 5.70. The fourth-order valence-corrected chi connectivity index (χ4v) is 1.93. The van der Waals surface area contributed by atoms with E-state index in [1.165, 1.54) is 0 Å². The lowest BCUT2D eigenvalue weighted by Gasteiger charge is -2.19. The van der Waals surface area contributed by atoms with E-state index < -0.39 is 5.97 Å². The molecule has 3 atom stereocenters. The fraction of sp³-hybridized carbons (Fsp3) is 0.786. The summed E-state index contributed by atoms with van der Waals surface area (Å²) in [5, 5.41) is 9.19. The molecule has 2 nitrogen and oxygen atoms in total. The first-order valence-corrected chi connectivity index (χ1v) is 6.24. The highest BCUT2D eigenvalue weighted by atomic mass is 16.4. The van der Waals surface area contributed by atoms with Gasteiger partial charge in [0.1, 0.15) is 0 Å². The van der Waals surface area contributed by atoms with E-state index in [2.05, 4.69) is 25.7 Å². The van der Waals surface area contributed by atoms with Crippen LogP contribution in [0.25, 0.3) is 0 Å². The minimum Gasteiger partial charge on any atom is -0.481 e. The zero-order valence-electron chi connectivity index (χ0n) is 10.9. The van der Waals surface area contributed by atoms with Crippen LogP contribution in [0.3, 0.4) is 0 Å². The van der Waals surface area contributed by atoms with Crippen molar-refractivity contribution in [2.45, 2.75) is 53.4 Å². The van der Waals surface area contributed by atoms with Gasteiger partial charge in [-0.3, -0.25) is 4.79 Å². The molecule has 0 aliphatic heterocycles. The number of aliphatic carboxylic acids is 1. The zero-order valence-corrected chi connectivity index (χ0v) is 10.9. The molecular formula is C14H24O2. The van der Waals surface area contributed by atoms with Crippen molar-refractivity contribution in [2.75, 3.05) is 0 Å². The molecule has 16 heavy (non-hydrogen) atoms. The largest absolute Gasteiger partial charge is 0.481 e. The van der Waals surface area contributed by atoms with E-state index in [0.717, 1.165) is 25.7 Å². The molecule has 0 radical (unpaired) electrons. The average molecular weight is 224 g/mol. The molecule has 0 amide bonds. The number of carboxylic acids is 1. The maximum atomic E-state index is 11.2. The lowest BCUT2D eigenvalue weighted by Crippen LogP contribution is -2.23. The second kappa shape index (κ2) is 8.21. The predicted octanol–water partition coefficient (Wildman–Crippen LogP) is 3.56. The van der Waals surface area contributed by atoms with Crippen LogP contribution in [0.2, 0.25) is 0 Å². The van der Waals surface area contributed by atoms with Crippen molar-refractivity contribution in [3.05, 3.63) is 0 Å². The van der Waals surface area contributed by atoms with Gasteiger partial charge in [-0.1, -0.05) is 46.5 Å². The summed E-state index contributed by atoms with van der Waals surface area (Å²) in [6.07, 6.45) is 3.74. The molecule has 0 saturated heterocycles. The smallest absolute Gasteiger partial charge is 0.307 e. The molecule has 1 N–H and O–H groups in total. The molecule has 0 heterocycles. The van der Waals surface area contributed by atoms with Gasteiger partial charge in [-0.2, -0.15) is 0 Å². The Morgan fingerprint density at radius 1 is 1.31 bits per heavy atom. The third kappa shape index (κ3) is 5.80. The molecule has 0 aromatic carbocycles. The Hall–Kier alpha value is -0.970. The second-order valence-corrected chi connectivity index (χ2v) is 4.54. The van der Waals surface area contributed by atoms with E-state index in [4.69, 9.17) is 0 Å². The Labute approximate surface area is 99.4 Å². The van der Waals surface area contributed by atoms with Gasteiger partial charge in [0.25, 0.3) is 0 Å². The van der Waals surface area contributed by atoms with Crippen LogP contribution in [-0.4, -0.2) is 11.1 Å². The van der Waals surface area contributed by atoms with E-state index in [0.29, 0.717) is 5.92 Å². The number of hydrogen-bond acceptors (Lipinski definition) is 1. The summed E-state index contributed by atoms with van der Waals surface area (Å²) < 4.78 is 0. The molecule has 0 spiro atoms. The summed E-state index contributed by atoms with van der Waals surface area (Å²) in [7, 11) is 0.